The number of hydrogen-bond acceptors (Lipinski definition) is 6. The fourth-order valence-electron chi connectivity index (χ4n) is 3.89. The lowest BCUT2D eigenvalue weighted by molar-refractivity contribution is -0.114. The molecule has 0 saturated carbocycles. The van der Waals surface area contributed by atoms with E-state index in [1.54, 1.807) is 24.3 Å². The zero-order chi connectivity index (χ0) is 25.1. The van der Waals surface area contributed by atoms with Crippen LogP contribution >= 0.6 is 11.6 Å². The number of aromatic nitrogens is 3. The molecular formula is C23H20ClFN6O4. The quantitative estimate of drug-likeness (QED) is 0.521. The van der Waals surface area contributed by atoms with Crippen LogP contribution in [0.15, 0.2) is 36.5 Å². The van der Waals surface area contributed by atoms with E-state index in [4.69, 9.17) is 16.3 Å². The van der Waals surface area contributed by atoms with Gasteiger partial charge in [0.05, 0.1) is 11.1 Å². The second kappa shape index (κ2) is 9.99. The highest BCUT2D eigenvalue weighted by atomic mass is 35.5. The Hall–Kier alpha value is -4.17. The molecule has 3 heterocycles. The maximum atomic E-state index is 14.0. The number of carboxylic acid groups (broad SMARTS) is 1. The highest BCUT2D eigenvalue weighted by molar-refractivity contribution is 6.30. The summed E-state index contributed by atoms with van der Waals surface area (Å²) in [5.74, 6) is -0.833. The number of nitrogens with zero attached hydrogens (tertiary/aromatic N) is 5. The highest BCUT2D eigenvalue weighted by Crippen LogP contribution is 2.34. The van der Waals surface area contributed by atoms with Crippen molar-refractivity contribution in [2.45, 2.75) is 25.8 Å². The molecule has 2 amide bonds. The highest BCUT2D eigenvalue weighted by Gasteiger charge is 2.30. The Kier molecular flexibility index (Phi) is 6.84. The Bertz CT molecular complexity index is 1320. The lowest BCUT2D eigenvalue weighted by atomic mass is 10.1. The Balaban J connectivity index is 1.68. The van der Waals surface area contributed by atoms with Crippen molar-refractivity contribution in [3.8, 4) is 29.0 Å². The number of amides is 2. The van der Waals surface area contributed by atoms with Gasteiger partial charge in [-0.1, -0.05) is 11.6 Å². The Morgan fingerprint density at radius 1 is 1.34 bits per heavy atom. The summed E-state index contributed by atoms with van der Waals surface area (Å²) in [5.41, 5.74) is 1.01. The molecule has 1 aliphatic heterocycles. The fraction of sp³-hybridized carbons (Fsp3) is 0.261. The smallest absolute Gasteiger partial charge is 0.407 e. The summed E-state index contributed by atoms with van der Waals surface area (Å²) in [4.78, 5) is 28.5. The molecule has 1 aliphatic rings. The van der Waals surface area contributed by atoms with Crippen molar-refractivity contribution < 1.29 is 23.8 Å². The zero-order valence-electron chi connectivity index (χ0n) is 18.5. The summed E-state index contributed by atoms with van der Waals surface area (Å²) in [6, 6.07) is 9.23. The van der Waals surface area contributed by atoms with E-state index >= 15 is 0 Å². The number of carbonyl (C=O) groups is 2. The molecule has 10 nitrogen and oxygen atoms in total. The van der Waals surface area contributed by atoms with E-state index in [1.807, 2.05) is 0 Å². The van der Waals surface area contributed by atoms with E-state index in [2.05, 4.69) is 21.5 Å². The molecule has 1 saturated heterocycles. The van der Waals surface area contributed by atoms with Crippen LogP contribution in [0.3, 0.4) is 0 Å². The van der Waals surface area contributed by atoms with Crippen LogP contribution in [0.5, 0.6) is 11.6 Å². The number of nitriles is 1. The summed E-state index contributed by atoms with van der Waals surface area (Å²) in [6.45, 7) is 1.91. The van der Waals surface area contributed by atoms with Gasteiger partial charge in [-0.3, -0.25) is 4.79 Å². The number of hydrogen-bond donors (Lipinski definition) is 2. The topological polar surface area (TPSA) is 133 Å². The number of nitrogens with one attached hydrogen (secondary N) is 1. The van der Waals surface area contributed by atoms with E-state index in [9.17, 15) is 24.3 Å². The molecule has 1 unspecified atom stereocenters. The number of rotatable bonds is 5. The van der Waals surface area contributed by atoms with Gasteiger partial charge in [0, 0.05) is 31.8 Å². The molecule has 1 atom stereocenters. The minimum absolute atomic E-state index is 0.143. The number of halogens is 2. The summed E-state index contributed by atoms with van der Waals surface area (Å²) in [5, 5.41) is 26.7. The first-order chi connectivity index (χ1) is 16.8. The molecule has 35 heavy (non-hydrogen) atoms. The normalized spacial score (nSPS) is 15.4. The molecule has 0 spiro atoms. The van der Waals surface area contributed by atoms with E-state index in [1.165, 1.54) is 22.7 Å². The van der Waals surface area contributed by atoms with E-state index < -0.39 is 11.9 Å². The molecule has 4 rings (SSSR count). The Labute approximate surface area is 204 Å². The van der Waals surface area contributed by atoms with Crippen molar-refractivity contribution in [3.63, 3.8) is 0 Å². The summed E-state index contributed by atoms with van der Waals surface area (Å²) >= 11 is 5.71. The van der Waals surface area contributed by atoms with Gasteiger partial charge >= 0.3 is 6.09 Å². The first-order valence-electron chi connectivity index (χ1n) is 10.6. The first-order valence-corrected chi connectivity index (χ1v) is 11.0. The summed E-state index contributed by atoms with van der Waals surface area (Å²) in [7, 11) is 0. The van der Waals surface area contributed by atoms with Crippen LogP contribution in [0, 0.1) is 17.1 Å². The van der Waals surface area contributed by atoms with Gasteiger partial charge in [0.25, 0.3) is 5.88 Å². The maximum absolute atomic E-state index is 14.0. The number of anilines is 1. The SMILES string of the molecule is CC(=O)Nc1c(C#N)c(-c2ccc(Oc3ncc(Cl)cc3F)cc2)nn1C1CCCN(C(=O)O)C1. The van der Waals surface area contributed by atoms with Crippen molar-refractivity contribution in [2.75, 3.05) is 18.4 Å². The van der Waals surface area contributed by atoms with Crippen LogP contribution in [-0.4, -0.2) is 49.9 Å². The molecule has 2 aromatic heterocycles. The van der Waals surface area contributed by atoms with Crippen molar-refractivity contribution in [3.05, 3.63) is 52.9 Å². The Morgan fingerprint density at radius 3 is 2.71 bits per heavy atom. The molecule has 12 heteroatoms. The molecule has 2 N–H and O–H groups in total. The van der Waals surface area contributed by atoms with Gasteiger partial charge in [-0.2, -0.15) is 10.4 Å². The minimum atomic E-state index is -1.04. The summed E-state index contributed by atoms with van der Waals surface area (Å²) in [6.07, 6.45) is 1.48. The number of likely N-dealkylation sites (tertiary alicyclic amines) is 1. The van der Waals surface area contributed by atoms with Gasteiger partial charge in [-0.05, 0) is 43.2 Å². The number of pyridine rings is 1. The van der Waals surface area contributed by atoms with Crippen molar-refractivity contribution in [1.29, 1.82) is 5.26 Å². The third-order valence-corrected chi connectivity index (χ3v) is 5.65. The third-order valence-electron chi connectivity index (χ3n) is 5.45. The van der Waals surface area contributed by atoms with Crippen LogP contribution in [0.2, 0.25) is 5.02 Å². The average molecular weight is 499 g/mol. The lowest BCUT2D eigenvalue weighted by Gasteiger charge is -2.31. The first kappa shape index (κ1) is 24.0. The largest absolute Gasteiger partial charge is 0.465 e. The predicted molar refractivity (Wildman–Crippen MR) is 124 cm³/mol. The van der Waals surface area contributed by atoms with E-state index in [-0.39, 0.29) is 40.8 Å². The number of piperidine rings is 1. The molecule has 0 aliphatic carbocycles. The predicted octanol–water partition coefficient (Wildman–Crippen LogP) is 4.67. The standard InChI is InChI=1S/C23H20ClFN6O4/c1-13(32)28-21-18(10-26)20(29-31(21)16-3-2-8-30(12-16)23(33)34)14-4-6-17(7-5-14)35-22-19(25)9-15(24)11-27-22/h4-7,9,11,16H,2-3,8,12H2,1H3,(H,28,32)(H,33,34). The van der Waals surface area contributed by atoms with Crippen LogP contribution < -0.4 is 10.1 Å². The van der Waals surface area contributed by atoms with Crippen LogP contribution in [0.4, 0.5) is 15.0 Å². The number of ether oxygens (including phenoxy) is 1. The average Bonchev–Trinajstić information content (AvgIpc) is 3.19. The number of benzene rings is 1. The third kappa shape index (κ3) is 5.17. The molecule has 0 bridgehead atoms. The van der Waals surface area contributed by atoms with E-state index in [0.717, 1.165) is 6.07 Å². The molecule has 0 radical (unpaired) electrons. The number of carbonyl (C=O) groups excluding carboxylic acids is 1. The molecule has 3 aromatic rings. The van der Waals surface area contributed by atoms with Crippen LogP contribution in [0.25, 0.3) is 11.3 Å². The van der Waals surface area contributed by atoms with Crippen molar-refractivity contribution in [2.24, 2.45) is 0 Å². The van der Waals surface area contributed by atoms with Crippen molar-refractivity contribution in [1.82, 2.24) is 19.7 Å². The molecule has 1 aromatic carbocycles. The second-order valence-electron chi connectivity index (χ2n) is 7.90. The second-order valence-corrected chi connectivity index (χ2v) is 8.34. The van der Waals surface area contributed by atoms with Crippen molar-refractivity contribution >= 4 is 29.4 Å². The van der Waals surface area contributed by atoms with Gasteiger partial charge in [0.2, 0.25) is 5.91 Å². The van der Waals surface area contributed by atoms with Gasteiger partial charge in [-0.15, -0.1) is 0 Å². The monoisotopic (exact) mass is 498 g/mol. The Morgan fingerprint density at radius 2 is 2.09 bits per heavy atom. The van der Waals surface area contributed by atoms with Gasteiger partial charge in [-0.25, -0.2) is 18.9 Å². The van der Waals surface area contributed by atoms with Gasteiger partial charge in [0.1, 0.15) is 28.9 Å². The van der Waals surface area contributed by atoms with Gasteiger partial charge < -0.3 is 20.1 Å². The maximum Gasteiger partial charge on any atom is 0.407 e. The minimum Gasteiger partial charge on any atom is -0.465 e. The molecular weight excluding hydrogens is 479 g/mol. The van der Waals surface area contributed by atoms with Crippen LogP contribution in [0.1, 0.15) is 31.4 Å². The van der Waals surface area contributed by atoms with Crippen LogP contribution in [-0.2, 0) is 4.79 Å². The lowest BCUT2D eigenvalue weighted by Crippen LogP contribution is -2.40. The zero-order valence-corrected chi connectivity index (χ0v) is 19.3. The van der Waals surface area contributed by atoms with Gasteiger partial charge in [0.15, 0.2) is 5.82 Å². The fourth-order valence-corrected chi connectivity index (χ4v) is 4.04. The molecule has 180 valence electrons. The molecule has 1 fully saturated rings. The van der Waals surface area contributed by atoms with E-state index in [0.29, 0.717) is 36.4 Å². The summed E-state index contributed by atoms with van der Waals surface area (Å²) < 4.78 is 21.0.